The predicted molar refractivity (Wildman–Crippen MR) is 148 cm³/mol. The highest BCUT2D eigenvalue weighted by Gasteiger charge is 2.42. The molecular formula is C26H41F2IN6O. The Hall–Kier alpha value is -0.950. The molecule has 3 aliphatic heterocycles. The Bertz CT molecular complexity index is 947. The molecule has 0 saturated carbocycles. The number of fused-ring (bicyclic) bond motifs is 1. The Morgan fingerprint density at radius 3 is 2.69 bits per heavy atom. The Kier molecular flexibility index (Phi) is 8.61. The number of halogens is 3. The molecule has 0 radical (unpaired) electrons. The number of hydrogen-bond acceptors (Lipinski definition) is 6. The minimum absolute atomic E-state index is 0.0381. The monoisotopic (exact) mass is 618 g/mol. The van der Waals surface area contributed by atoms with Crippen molar-refractivity contribution >= 4 is 34.5 Å². The van der Waals surface area contributed by atoms with E-state index in [-0.39, 0.29) is 35.9 Å². The molecule has 4 heterocycles. The fourth-order valence-electron chi connectivity index (χ4n) is 5.77. The lowest BCUT2D eigenvalue weighted by Crippen LogP contribution is -2.62. The highest BCUT2D eigenvalue weighted by Crippen LogP contribution is 2.42. The predicted octanol–water partition coefficient (Wildman–Crippen LogP) is 3.62. The van der Waals surface area contributed by atoms with Crippen LogP contribution in [0.1, 0.15) is 58.7 Å². The summed E-state index contributed by atoms with van der Waals surface area (Å²) in [6, 6.07) is 2.49. The standard InChI is InChI=1S/C26H41F2IN6O/c1-6-7-26(27,28)20-10-22-24(31-11-20)25(4,5)17-35(22)23(36)16-33-13-18(2)30-12-21(33)15-32-8-9-34(29)14-19(32)3/h10-11,18-19,21,30H,6-9,12-17H2,1-5H3/t18-,19-,21-/m1/s1. The first-order valence-electron chi connectivity index (χ1n) is 13.2. The van der Waals surface area contributed by atoms with Crippen molar-refractivity contribution in [2.45, 2.75) is 76.9 Å². The number of carbonyl (C=O) groups excluding carboxylic acids is 1. The molecule has 0 spiro atoms. The summed E-state index contributed by atoms with van der Waals surface area (Å²) in [6.07, 6.45) is 1.45. The molecule has 1 N–H and O–H groups in total. The lowest BCUT2D eigenvalue weighted by Gasteiger charge is -2.44. The fourth-order valence-corrected chi connectivity index (χ4v) is 6.56. The van der Waals surface area contributed by atoms with E-state index in [0.717, 1.165) is 45.0 Å². The van der Waals surface area contributed by atoms with Crippen LogP contribution in [0.25, 0.3) is 0 Å². The lowest BCUT2D eigenvalue weighted by molar-refractivity contribution is -0.121. The van der Waals surface area contributed by atoms with Gasteiger partial charge in [0.1, 0.15) is 0 Å². The largest absolute Gasteiger partial charge is 0.311 e. The second kappa shape index (κ2) is 11.0. The Balaban J connectivity index is 1.52. The molecule has 1 aromatic heterocycles. The van der Waals surface area contributed by atoms with Crippen LogP contribution in [-0.2, 0) is 16.1 Å². The van der Waals surface area contributed by atoms with E-state index in [1.165, 1.54) is 12.3 Å². The number of alkyl halides is 2. The van der Waals surface area contributed by atoms with Gasteiger partial charge in [-0.2, -0.15) is 0 Å². The van der Waals surface area contributed by atoms with Gasteiger partial charge in [0.25, 0.3) is 5.92 Å². The first-order chi connectivity index (χ1) is 16.9. The zero-order valence-electron chi connectivity index (χ0n) is 22.2. The van der Waals surface area contributed by atoms with Crippen LogP contribution in [0.5, 0.6) is 0 Å². The zero-order chi connectivity index (χ0) is 26.3. The van der Waals surface area contributed by atoms with Gasteiger partial charge in [0.05, 0.1) is 17.9 Å². The lowest BCUT2D eigenvalue weighted by atomic mass is 9.91. The molecule has 3 aliphatic rings. The second-order valence-corrected chi connectivity index (χ2v) is 12.9. The molecule has 1 aromatic rings. The normalized spacial score (nSPS) is 27.9. The molecule has 2 fully saturated rings. The fraction of sp³-hybridized carbons (Fsp3) is 0.769. The summed E-state index contributed by atoms with van der Waals surface area (Å²) >= 11 is 2.39. The maximum absolute atomic E-state index is 14.7. The summed E-state index contributed by atoms with van der Waals surface area (Å²) in [4.78, 5) is 24.7. The third-order valence-corrected chi connectivity index (χ3v) is 8.74. The summed E-state index contributed by atoms with van der Waals surface area (Å²) in [5.74, 6) is -2.99. The van der Waals surface area contributed by atoms with Crippen LogP contribution in [0, 0.1) is 0 Å². The van der Waals surface area contributed by atoms with Crippen LogP contribution in [0.15, 0.2) is 12.3 Å². The van der Waals surface area contributed by atoms with Gasteiger partial charge in [-0.05, 0) is 19.9 Å². The van der Waals surface area contributed by atoms with Crippen molar-refractivity contribution in [2.75, 3.05) is 57.3 Å². The first-order valence-corrected chi connectivity index (χ1v) is 14.2. The molecule has 7 nitrogen and oxygen atoms in total. The van der Waals surface area contributed by atoms with Gasteiger partial charge < -0.3 is 10.2 Å². The van der Waals surface area contributed by atoms with Crippen molar-refractivity contribution in [3.8, 4) is 0 Å². The number of nitrogens with zero attached hydrogens (tertiary/aromatic N) is 5. The minimum Gasteiger partial charge on any atom is -0.311 e. The number of aromatic nitrogens is 1. The summed E-state index contributed by atoms with van der Waals surface area (Å²) < 4.78 is 31.8. The highest BCUT2D eigenvalue weighted by atomic mass is 127. The van der Waals surface area contributed by atoms with Crippen LogP contribution < -0.4 is 10.2 Å². The van der Waals surface area contributed by atoms with Gasteiger partial charge >= 0.3 is 0 Å². The third kappa shape index (κ3) is 6.03. The van der Waals surface area contributed by atoms with E-state index in [9.17, 15) is 13.6 Å². The number of anilines is 1. The van der Waals surface area contributed by atoms with Gasteiger partial charge in [-0.1, -0.05) is 27.2 Å². The average molecular weight is 619 g/mol. The molecule has 3 atom stereocenters. The van der Waals surface area contributed by atoms with Gasteiger partial charge in [0.2, 0.25) is 5.91 Å². The number of carbonyl (C=O) groups is 1. The number of hydrogen-bond donors (Lipinski definition) is 1. The number of pyridine rings is 1. The summed E-state index contributed by atoms with van der Waals surface area (Å²) in [5.41, 5.74) is 0.789. The molecule has 0 aromatic carbocycles. The number of nitrogens with one attached hydrogen (secondary N) is 1. The van der Waals surface area contributed by atoms with Crippen molar-refractivity contribution in [1.29, 1.82) is 0 Å². The van der Waals surface area contributed by atoms with Crippen LogP contribution in [-0.4, -0.2) is 94.3 Å². The van der Waals surface area contributed by atoms with Crippen molar-refractivity contribution in [2.24, 2.45) is 0 Å². The molecule has 202 valence electrons. The maximum atomic E-state index is 14.7. The third-order valence-electron chi connectivity index (χ3n) is 7.87. The molecule has 0 bridgehead atoms. The van der Waals surface area contributed by atoms with E-state index < -0.39 is 5.92 Å². The molecule has 1 amide bonds. The topological polar surface area (TPSA) is 55.0 Å². The van der Waals surface area contributed by atoms with Crippen molar-refractivity contribution in [3.05, 3.63) is 23.5 Å². The summed E-state index contributed by atoms with van der Waals surface area (Å²) in [5, 5.41) is 3.58. The van der Waals surface area contributed by atoms with Crippen LogP contribution in [0.2, 0.25) is 0 Å². The molecule has 0 unspecified atom stereocenters. The minimum atomic E-state index is -2.95. The molecule has 0 aliphatic carbocycles. The summed E-state index contributed by atoms with van der Waals surface area (Å²) in [6.45, 7) is 16.6. The first kappa shape index (κ1) is 28.1. The Labute approximate surface area is 228 Å². The van der Waals surface area contributed by atoms with Crippen LogP contribution in [0.4, 0.5) is 14.5 Å². The van der Waals surface area contributed by atoms with Gasteiger partial charge in [0.15, 0.2) is 0 Å². The van der Waals surface area contributed by atoms with E-state index >= 15 is 0 Å². The van der Waals surface area contributed by atoms with Crippen molar-refractivity contribution < 1.29 is 13.6 Å². The molecular weight excluding hydrogens is 577 g/mol. The van der Waals surface area contributed by atoms with Gasteiger partial charge in [-0.15, -0.1) is 0 Å². The van der Waals surface area contributed by atoms with Gasteiger partial charge in [-0.3, -0.25) is 19.6 Å². The van der Waals surface area contributed by atoms with Gasteiger partial charge in [0, 0.05) is 110 Å². The Morgan fingerprint density at radius 2 is 2.00 bits per heavy atom. The zero-order valence-corrected chi connectivity index (χ0v) is 24.4. The number of piperazine rings is 2. The maximum Gasteiger partial charge on any atom is 0.274 e. The van der Waals surface area contributed by atoms with Crippen molar-refractivity contribution in [1.82, 2.24) is 23.2 Å². The van der Waals surface area contributed by atoms with Crippen molar-refractivity contribution in [3.63, 3.8) is 0 Å². The van der Waals surface area contributed by atoms with E-state index in [1.807, 2.05) is 13.8 Å². The van der Waals surface area contributed by atoms with E-state index in [2.05, 4.69) is 59.9 Å². The van der Waals surface area contributed by atoms with E-state index in [4.69, 9.17) is 0 Å². The van der Waals surface area contributed by atoms with Crippen LogP contribution >= 0.6 is 22.9 Å². The smallest absolute Gasteiger partial charge is 0.274 e. The highest BCUT2D eigenvalue weighted by molar-refractivity contribution is 14.1. The molecule has 2 saturated heterocycles. The number of rotatable bonds is 7. The average Bonchev–Trinajstić information content (AvgIpc) is 3.07. The SMILES string of the molecule is CCCC(F)(F)c1cnc2c(c1)N(C(=O)CN1C[C@@H](C)NC[C@@H]1CN1CCN(I)C[C@H]1C)CC2(C)C. The van der Waals surface area contributed by atoms with E-state index in [0.29, 0.717) is 30.7 Å². The van der Waals surface area contributed by atoms with Gasteiger partial charge in [-0.25, -0.2) is 11.9 Å². The summed E-state index contributed by atoms with van der Waals surface area (Å²) in [7, 11) is 0. The molecule has 10 heteroatoms. The molecule has 36 heavy (non-hydrogen) atoms. The van der Waals surface area contributed by atoms with E-state index in [1.54, 1.807) is 11.8 Å². The Morgan fingerprint density at radius 1 is 1.25 bits per heavy atom. The molecule has 4 rings (SSSR count). The number of amides is 1. The quantitative estimate of drug-likeness (QED) is 0.373. The van der Waals surface area contributed by atoms with Crippen LogP contribution in [0.3, 0.4) is 0 Å². The second-order valence-electron chi connectivity index (χ2n) is 11.5.